The predicted octanol–water partition coefficient (Wildman–Crippen LogP) is 1.99. The SMILES string of the molecule is O=C(C1CC(F)(F)CN1)N1CCN(c2cccc(Cl)c2)CC1. The summed E-state index contributed by atoms with van der Waals surface area (Å²) < 4.78 is 26.4. The first-order chi connectivity index (χ1) is 10.4. The van der Waals surface area contributed by atoms with Crippen molar-refractivity contribution in [2.45, 2.75) is 18.4 Å². The molecule has 1 aromatic carbocycles. The molecule has 1 aromatic rings. The third-order valence-corrected chi connectivity index (χ3v) is 4.41. The second-order valence-corrected chi connectivity index (χ2v) is 6.22. The molecule has 0 spiro atoms. The summed E-state index contributed by atoms with van der Waals surface area (Å²) in [6.07, 6.45) is -0.402. The van der Waals surface area contributed by atoms with E-state index < -0.39 is 24.9 Å². The molecule has 3 rings (SSSR count). The molecule has 2 fully saturated rings. The lowest BCUT2D eigenvalue weighted by Crippen LogP contribution is -2.53. The number of nitrogens with zero attached hydrogens (tertiary/aromatic N) is 2. The van der Waals surface area contributed by atoms with Gasteiger partial charge in [-0.05, 0) is 18.2 Å². The fourth-order valence-electron chi connectivity index (χ4n) is 2.97. The molecule has 2 heterocycles. The second-order valence-electron chi connectivity index (χ2n) is 5.79. The Morgan fingerprint density at radius 1 is 1.27 bits per heavy atom. The van der Waals surface area contributed by atoms with Crippen molar-refractivity contribution in [2.75, 3.05) is 37.6 Å². The molecule has 4 nitrogen and oxygen atoms in total. The average Bonchev–Trinajstić information content (AvgIpc) is 2.87. The molecule has 2 saturated heterocycles. The van der Waals surface area contributed by atoms with Gasteiger partial charge in [-0.15, -0.1) is 0 Å². The molecule has 120 valence electrons. The van der Waals surface area contributed by atoms with Gasteiger partial charge in [0.1, 0.15) is 0 Å². The Morgan fingerprint density at radius 3 is 2.59 bits per heavy atom. The Bertz CT molecular complexity index is 561. The Labute approximate surface area is 133 Å². The zero-order valence-electron chi connectivity index (χ0n) is 12.1. The lowest BCUT2D eigenvalue weighted by Gasteiger charge is -2.37. The first-order valence-corrected chi connectivity index (χ1v) is 7.73. The maximum absolute atomic E-state index is 13.2. The summed E-state index contributed by atoms with van der Waals surface area (Å²) >= 11 is 5.99. The Kier molecular flexibility index (Phi) is 4.23. The van der Waals surface area contributed by atoms with E-state index in [9.17, 15) is 13.6 Å². The van der Waals surface area contributed by atoms with Crippen molar-refractivity contribution in [3.8, 4) is 0 Å². The average molecular weight is 330 g/mol. The smallest absolute Gasteiger partial charge is 0.262 e. The van der Waals surface area contributed by atoms with Crippen molar-refractivity contribution in [3.63, 3.8) is 0 Å². The van der Waals surface area contributed by atoms with Crippen molar-refractivity contribution in [3.05, 3.63) is 29.3 Å². The Balaban J connectivity index is 1.57. The van der Waals surface area contributed by atoms with E-state index >= 15 is 0 Å². The highest BCUT2D eigenvalue weighted by Crippen LogP contribution is 2.27. The fourth-order valence-corrected chi connectivity index (χ4v) is 3.15. The summed E-state index contributed by atoms with van der Waals surface area (Å²) in [5.41, 5.74) is 1.02. The molecule has 1 atom stereocenters. The normalized spacial score (nSPS) is 24.6. The van der Waals surface area contributed by atoms with Gasteiger partial charge in [0.05, 0.1) is 12.6 Å². The van der Waals surface area contributed by atoms with Gasteiger partial charge in [0.2, 0.25) is 5.91 Å². The van der Waals surface area contributed by atoms with Gasteiger partial charge < -0.3 is 9.80 Å². The van der Waals surface area contributed by atoms with Crippen LogP contribution in [0.3, 0.4) is 0 Å². The number of amides is 1. The molecule has 0 aromatic heterocycles. The number of anilines is 1. The van der Waals surface area contributed by atoms with Crippen LogP contribution >= 0.6 is 11.6 Å². The van der Waals surface area contributed by atoms with E-state index in [1.165, 1.54) is 0 Å². The highest BCUT2D eigenvalue weighted by atomic mass is 35.5. The van der Waals surface area contributed by atoms with Gasteiger partial charge in [0, 0.05) is 43.3 Å². The Morgan fingerprint density at radius 2 is 2.00 bits per heavy atom. The van der Waals surface area contributed by atoms with E-state index in [1.807, 2.05) is 24.3 Å². The number of benzene rings is 1. The van der Waals surface area contributed by atoms with E-state index in [-0.39, 0.29) is 5.91 Å². The highest BCUT2D eigenvalue weighted by Gasteiger charge is 2.43. The van der Waals surface area contributed by atoms with E-state index in [2.05, 4.69) is 10.2 Å². The molecule has 0 radical (unpaired) electrons. The number of halogens is 3. The van der Waals surface area contributed by atoms with Crippen LogP contribution < -0.4 is 10.2 Å². The number of nitrogens with one attached hydrogen (secondary N) is 1. The van der Waals surface area contributed by atoms with Crippen LogP contribution in [0.4, 0.5) is 14.5 Å². The minimum Gasteiger partial charge on any atom is -0.368 e. The summed E-state index contributed by atoms with van der Waals surface area (Å²) in [6.45, 7) is 2.01. The van der Waals surface area contributed by atoms with Crippen LogP contribution in [0.1, 0.15) is 6.42 Å². The van der Waals surface area contributed by atoms with Crippen LogP contribution in [0.15, 0.2) is 24.3 Å². The van der Waals surface area contributed by atoms with Gasteiger partial charge in [-0.3, -0.25) is 10.1 Å². The standard InChI is InChI=1S/C15H18ClF2N3O/c16-11-2-1-3-12(8-11)20-4-6-21(7-5-20)14(22)13-9-15(17,18)10-19-13/h1-3,8,13,19H,4-7,9-10H2. The van der Waals surface area contributed by atoms with Gasteiger partial charge >= 0.3 is 0 Å². The van der Waals surface area contributed by atoms with E-state index in [0.717, 1.165) is 5.69 Å². The van der Waals surface area contributed by atoms with Crippen molar-refractivity contribution in [2.24, 2.45) is 0 Å². The number of carbonyl (C=O) groups excluding carboxylic acids is 1. The minimum absolute atomic E-state index is 0.220. The van der Waals surface area contributed by atoms with Crippen LogP contribution in [0.5, 0.6) is 0 Å². The van der Waals surface area contributed by atoms with Crippen LogP contribution in [-0.4, -0.2) is 55.5 Å². The Hall–Kier alpha value is -1.40. The number of hydrogen-bond acceptors (Lipinski definition) is 3. The van der Waals surface area contributed by atoms with Crippen molar-refractivity contribution in [1.82, 2.24) is 10.2 Å². The highest BCUT2D eigenvalue weighted by molar-refractivity contribution is 6.30. The first kappa shape index (κ1) is 15.5. The molecule has 2 aliphatic rings. The van der Waals surface area contributed by atoms with Gasteiger partial charge in [-0.2, -0.15) is 0 Å². The maximum atomic E-state index is 13.2. The summed E-state index contributed by atoms with van der Waals surface area (Å²) in [4.78, 5) is 16.1. The fraction of sp³-hybridized carbons (Fsp3) is 0.533. The van der Waals surface area contributed by atoms with Gasteiger partial charge in [0.15, 0.2) is 0 Å². The lowest BCUT2D eigenvalue weighted by molar-refractivity contribution is -0.134. The van der Waals surface area contributed by atoms with Crippen LogP contribution in [-0.2, 0) is 4.79 Å². The van der Waals surface area contributed by atoms with E-state index in [1.54, 1.807) is 4.90 Å². The van der Waals surface area contributed by atoms with Crippen LogP contribution in [0, 0.1) is 0 Å². The van der Waals surface area contributed by atoms with Gasteiger partial charge in [-0.1, -0.05) is 17.7 Å². The number of hydrogen-bond donors (Lipinski definition) is 1. The number of carbonyl (C=O) groups is 1. The molecule has 0 aliphatic carbocycles. The molecule has 7 heteroatoms. The van der Waals surface area contributed by atoms with E-state index in [0.29, 0.717) is 31.2 Å². The van der Waals surface area contributed by atoms with Gasteiger partial charge in [-0.25, -0.2) is 8.78 Å². The molecule has 1 N–H and O–H groups in total. The molecule has 1 unspecified atom stereocenters. The molecular formula is C15H18ClF2N3O. The monoisotopic (exact) mass is 329 g/mol. The number of piperazine rings is 1. The van der Waals surface area contributed by atoms with Crippen molar-refractivity contribution >= 4 is 23.2 Å². The quantitative estimate of drug-likeness (QED) is 0.901. The molecule has 1 amide bonds. The lowest BCUT2D eigenvalue weighted by atomic mass is 10.1. The van der Waals surface area contributed by atoms with Crippen molar-refractivity contribution in [1.29, 1.82) is 0 Å². The third-order valence-electron chi connectivity index (χ3n) is 4.17. The number of alkyl halides is 2. The summed E-state index contributed by atoms with van der Waals surface area (Å²) in [5, 5.41) is 3.30. The first-order valence-electron chi connectivity index (χ1n) is 7.35. The molecule has 0 bridgehead atoms. The zero-order valence-corrected chi connectivity index (χ0v) is 12.8. The molecular weight excluding hydrogens is 312 g/mol. The molecule has 2 aliphatic heterocycles. The largest absolute Gasteiger partial charge is 0.368 e. The predicted molar refractivity (Wildman–Crippen MR) is 81.6 cm³/mol. The van der Waals surface area contributed by atoms with Crippen LogP contribution in [0.25, 0.3) is 0 Å². The third kappa shape index (κ3) is 3.33. The molecule has 22 heavy (non-hydrogen) atoms. The molecule has 0 saturated carbocycles. The van der Waals surface area contributed by atoms with E-state index in [4.69, 9.17) is 11.6 Å². The minimum atomic E-state index is -2.77. The topological polar surface area (TPSA) is 35.6 Å². The van der Waals surface area contributed by atoms with Gasteiger partial charge in [0.25, 0.3) is 5.92 Å². The maximum Gasteiger partial charge on any atom is 0.262 e. The van der Waals surface area contributed by atoms with Crippen molar-refractivity contribution < 1.29 is 13.6 Å². The second kappa shape index (κ2) is 6.01. The zero-order chi connectivity index (χ0) is 15.7. The summed E-state index contributed by atoms with van der Waals surface area (Å²) in [7, 11) is 0. The number of rotatable bonds is 2. The summed E-state index contributed by atoms with van der Waals surface area (Å²) in [5.74, 6) is -2.99. The van der Waals surface area contributed by atoms with Crippen LogP contribution in [0.2, 0.25) is 5.02 Å². The summed E-state index contributed by atoms with van der Waals surface area (Å²) in [6, 6.07) is 6.81.